The Labute approximate surface area is 183 Å². The third-order valence-electron chi connectivity index (χ3n) is 6.94. The van der Waals surface area contributed by atoms with Crippen molar-refractivity contribution in [2.75, 3.05) is 49.8 Å². The smallest absolute Gasteiger partial charge is 0.223 e. The van der Waals surface area contributed by atoms with Crippen molar-refractivity contribution in [2.45, 2.75) is 44.8 Å². The summed E-state index contributed by atoms with van der Waals surface area (Å²) in [5.74, 6) is 1.51. The Balaban J connectivity index is 1.32. The predicted molar refractivity (Wildman–Crippen MR) is 120 cm³/mol. The summed E-state index contributed by atoms with van der Waals surface area (Å²) < 4.78 is 30.5. The Kier molecular flexibility index (Phi) is 5.06. The minimum absolute atomic E-state index is 0.158. The van der Waals surface area contributed by atoms with E-state index in [-0.39, 0.29) is 6.04 Å². The Morgan fingerprint density at radius 3 is 2.55 bits per heavy atom. The van der Waals surface area contributed by atoms with Gasteiger partial charge in [0.2, 0.25) is 16.0 Å². The van der Waals surface area contributed by atoms with E-state index in [2.05, 4.69) is 15.2 Å². The fourth-order valence-electron chi connectivity index (χ4n) is 5.20. The number of aryl methyl sites for hydroxylation is 1. The Hall–Kier alpha value is -2.04. The van der Waals surface area contributed by atoms with Crippen LogP contribution in [0.2, 0.25) is 0 Å². The second kappa shape index (κ2) is 7.53. The number of sulfonamides is 1. The lowest BCUT2D eigenvalue weighted by Gasteiger charge is -2.59. The molecule has 0 bridgehead atoms. The van der Waals surface area contributed by atoms with Crippen LogP contribution in [0.15, 0.2) is 12.3 Å². The van der Waals surface area contributed by atoms with Crippen molar-refractivity contribution >= 4 is 32.7 Å². The zero-order chi connectivity index (χ0) is 21.8. The van der Waals surface area contributed by atoms with Crippen LogP contribution in [0.1, 0.15) is 31.4 Å². The number of hydrogen-bond acceptors (Lipinski definition) is 8. The zero-order valence-corrected chi connectivity index (χ0v) is 19.2. The maximum Gasteiger partial charge on any atom is 0.223 e. The molecule has 3 aliphatic rings. The summed E-state index contributed by atoms with van der Waals surface area (Å²) in [5.41, 5.74) is 2.21. The number of anilines is 2. The van der Waals surface area contributed by atoms with Crippen LogP contribution in [0, 0.1) is 12.3 Å². The van der Waals surface area contributed by atoms with E-state index in [9.17, 15) is 8.42 Å². The van der Waals surface area contributed by atoms with Crippen molar-refractivity contribution in [1.29, 1.82) is 0 Å². The molecular formula is C21H30N6O3S. The van der Waals surface area contributed by atoms with Gasteiger partial charge in [-0.2, -0.15) is 0 Å². The molecule has 2 aromatic rings. The molecule has 0 amide bonds. The van der Waals surface area contributed by atoms with Gasteiger partial charge < -0.3 is 15.0 Å². The summed E-state index contributed by atoms with van der Waals surface area (Å²) in [6, 6.07) is 2.18. The van der Waals surface area contributed by atoms with E-state index in [0.29, 0.717) is 30.6 Å². The van der Waals surface area contributed by atoms with Gasteiger partial charge in [0.1, 0.15) is 5.52 Å². The van der Waals surface area contributed by atoms with Crippen molar-refractivity contribution in [3.05, 3.63) is 18.0 Å². The molecular weight excluding hydrogens is 416 g/mol. The number of hydrogen-bond donors (Lipinski definition) is 1. The van der Waals surface area contributed by atoms with E-state index in [0.717, 1.165) is 61.2 Å². The van der Waals surface area contributed by atoms with E-state index in [1.807, 2.05) is 19.2 Å². The van der Waals surface area contributed by atoms with Gasteiger partial charge in [0.05, 0.1) is 12.4 Å². The largest absolute Gasteiger partial charge is 0.381 e. The standard InChI is InChI=1S/C21H30N6O3S/c1-14-8-15-11-22-20(24-16-4-6-27(7-5-16)31(3,28)29)25-18(15)19(23-14)26-12-21(13-26)9-17(10-21)30-2/h8,11,16-17H,4-7,9-10,12-13H2,1-3H3,(H,22,24,25). The first kappa shape index (κ1) is 20.8. The van der Waals surface area contributed by atoms with Crippen LogP contribution in [0.5, 0.6) is 0 Å². The number of nitrogens with one attached hydrogen (secondary N) is 1. The highest BCUT2D eigenvalue weighted by Gasteiger charge is 2.53. The van der Waals surface area contributed by atoms with Crippen LogP contribution in [0.3, 0.4) is 0 Å². The van der Waals surface area contributed by atoms with E-state index in [1.54, 1.807) is 7.11 Å². The van der Waals surface area contributed by atoms with Crippen LogP contribution in [-0.4, -0.2) is 79.4 Å². The van der Waals surface area contributed by atoms with Gasteiger partial charge >= 0.3 is 0 Å². The molecule has 2 aromatic heterocycles. The number of aromatic nitrogens is 3. The fourth-order valence-corrected chi connectivity index (χ4v) is 6.08. The molecule has 10 heteroatoms. The van der Waals surface area contributed by atoms with Gasteiger partial charge in [-0.25, -0.2) is 27.7 Å². The lowest BCUT2D eigenvalue weighted by atomic mass is 9.62. The van der Waals surface area contributed by atoms with Crippen molar-refractivity contribution in [3.63, 3.8) is 0 Å². The van der Waals surface area contributed by atoms with Crippen molar-refractivity contribution in [3.8, 4) is 0 Å². The summed E-state index contributed by atoms with van der Waals surface area (Å²) in [5, 5.41) is 4.40. The number of piperidine rings is 1. The molecule has 2 saturated heterocycles. The molecule has 31 heavy (non-hydrogen) atoms. The summed E-state index contributed by atoms with van der Waals surface area (Å²) in [7, 11) is -1.33. The second-order valence-corrected chi connectivity index (χ2v) is 11.4. The van der Waals surface area contributed by atoms with Crippen molar-refractivity contribution in [1.82, 2.24) is 19.3 Å². The molecule has 5 rings (SSSR count). The molecule has 3 fully saturated rings. The lowest BCUT2D eigenvalue weighted by Crippen LogP contribution is -2.64. The third-order valence-corrected chi connectivity index (χ3v) is 8.24. The van der Waals surface area contributed by atoms with Gasteiger partial charge in [0.25, 0.3) is 0 Å². The summed E-state index contributed by atoms with van der Waals surface area (Å²) in [6.07, 6.45) is 7.24. The predicted octanol–water partition coefficient (Wildman–Crippen LogP) is 1.78. The van der Waals surface area contributed by atoms with Crippen LogP contribution < -0.4 is 10.2 Å². The summed E-state index contributed by atoms with van der Waals surface area (Å²) in [6.45, 7) is 5.04. The molecule has 168 valence electrons. The van der Waals surface area contributed by atoms with Crippen molar-refractivity contribution < 1.29 is 13.2 Å². The highest BCUT2D eigenvalue weighted by atomic mass is 32.2. The quantitative estimate of drug-likeness (QED) is 0.742. The lowest BCUT2D eigenvalue weighted by molar-refractivity contribution is -0.0732. The number of nitrogens with zero attached hydrogens (tertiary/aromatic N) is 5. The number of methoxy groups -OCH3 is 1. The number of fused-ring (bicyclic) bond motifs is 1. The molecule has 1 N–H and O–H groups in total. The van der Waals surface area contributed by atoms with Crippen LogP contribution in [0.4, 0.5) is 11.8 Å². The third kappa shape index (κ3) is 3.96. The van der Waals surface area contributed by atoms with Crippen molar-refractivity contribution in [2.24, 2.45) is 5.41 Å². The highest BCUT2D eigenvalue weighted by Crippen LogP contribution is 2.51. The van der Waals surface area contributed by atoms with Gasteiger partial charge in [-0.05, 0) is 38.7 Å². The van der Waals surface area contributed by atoms with E-state index in [1.165, 1.54) is 10.6 Å². The molecule has 0 unspecified atom stereocenters. The molecule has 0 atom stereocenters. The molecule has 0 radical (unpaired) electrons. The van der Waals surface area contributed by atoms with E-state index < -0.39 is 10.0 Å². The minimum atomic E-state index is -3.13. The molecule has 0 aromatic carbocycles. The molecule has 4 heterocycles. The minimum Gasteiger partial charge on any atom is -0.381 e. The molecule has 2 aliphatic heterocycles. The van der Waals surface area contributed by atoms with Crippen LogP contribution in [0.25, 0.3) is 10.9 Å². The van der Waals surface area contributed by atoms with Gasteiger partial charge in [-0.3, -0.25) is 0 Å². The Morgan fingerprint density at radius 1 is 1.19 bits per heavy atom. The zero-order valence-electron chi connectivity index (χ0n) is 18.3. The normalized spacial score (nSPS) is 22.5. The second-order valence-electron chi connectivity index (χ2n) is 9.42. The number of ether oxygens (including phenoxy) is 1. The molecule has 9 nitrogen and oxygen atoms in total. The SMILES string of the molecule is COC1CC2(C1)CN(c1nc(C)cc3cnc(NC4CCN(S(C)(=O)=O)CC4)nc13)C2. The molecule has 1 saturated carbocycles. The average molecular weight is 447 g/mol. The highest BCUT2D eigenvalue weighted by molar-refractivity contribution is 7.88. The van der Waals surface area contributed by atoms with E-state index >= 15 is 0 Å². The van der Waals surface area contributed by atoms with Gasteiger partial charge in [-0.15, -0.1) is 0 Å². The monoisotopic (exact) mass is 446 g/mol. The number of rotatable bonds is 5. The fraction of sp³-hybridized carbons (Fsp3) is 0.667. The summed E-state index contributed by atoms with van der Waals surface area (Å²) >= 11 is 0. The van der Waals surface area contributed by atoms with Gasteiger partial charge in [-0.1, -0.05) is 0 Å². The first-order valence-electron chi connectivity index (χ1n) is 10.9. The molecule has 1 spiro atoms. The first-order valence-corrected chi connectivity index (χ1v) is 12.7. The Morgan fingerprint density at radius 2 is 1.90 bits per heavy atom. The molecule has 1 aliphatic carbocycles. The Bertz CT molecular complexity index is 1090. The van der Waals surface area contributed by atoms with E-state index in [4.69, 9.17) is 14.7 Å². The topological polar surface area (TPSA) is 101 Å². The van der Waals surface area contributed by atoms with Crippen LogP contribution >= 0.6 is 0 Å². The maximum absolute atomic E-state index is 11.7. The van der Waals surface area contributed by atoms with Gasteiger partial charge in [0.15, 0.2) is 5.82 Å². The van der Waals surface area contributed by atoms with Gasteiger partial charge in [0, 0.05) is 62.0 Å². The van der Waals surface area contributed by atoms with Crippen LogP contribution in [-0.2, 0) is 14.8 Å². The first-order chi connectivity index (χ1) is 14.7. The summed E-state index contributed by atoms with van der Waals surface area (Å²) in [4.78, 5) is 16.5. The average Bonchev–Trinajstić information content (AvgIpc) is 2.66. The number of pyridine rings is 1. The maximum atomic E-state index is 11.7.